The number of ether oxygens (including phenoxy) is 1. The van der Waals surface area contributed by atoms with Gasteiger partial charge in [0.2, 0.25) is 0 Å². The number of likely N-dealkylation sites (tertiary alicyclic amines) is 1. The number of nitrogens with zero attached hydrogens (tertiary/aromatic N) is 3. The third-order valence-corrected chi connectivity index (χ3v) is 5.44. The van der Waals surface area contributed by atoms with E-state index in [1.54, 1.807) is 17.9 Å². The predicted molar refractivity (Wildman–Crippen MR) is 97.1 cm³/mol. The van der Waals surface area contributed by atoms with Gasteiger partial charge in [-0.15, -0.1) is 0 Å². The Morgan fingerprint density at radius 1 is 1.19 bits per heavy atom. The van der Waals surface area contributed by atoms with Gasteiger partial charge in [0.15, 0.2) is 5.69 Å². The highest BCUT2D eigenvalue weighted by Crippen LogP contribution is 2.35. The van der Waals surface area contributed by atoms with Crippen LogP contribution in [0.4, 0.5) is 4.79 Å². The molecule has 1 aromatic carbocycles. The number of rotatable bonds is 3. The van der Waals surface area contributed by atoms with Crippen LogP contribution in [0.1, 0.15) is 47.7 Å². The maximum Gasteiger partial charge on any atom is 0.411 e. The molecule has 0 N–H and O–H groups in total. The monoisotopic (exact) mass is 369 g/mol. The molecule has 2 unspecified atom stereocenters. The molecule has 2 amide bonds. The third kappa shape index (κ3) is 3.29. The zero-order valence-electron chi connectivity index (χ0n) is 15.5. The quantitative estimate of drug-likeness (QED) is 0.831. The van der Waals surface area contributed by atoms with E-state index in [9.17, 15) is 9.59 Å². The van der Waals surface area contributed by atoms with Crippen LogP contribution in [0.3, 0.4) is 0 Å². The van der Waals surface area contributed by atoms with Gasteiger partial charge in [-0.1, -0.05) is 35.5 Å². The normalized spacial score (nSPS) is 23.6. The van der Waals surface area contributed by atoms with E-state index in [1.807, 2.05) is 42.2 Å². The molecule has 2 fully saturated rings. The van der Waals surface area contributed by atoms with Crippen molar-refractivity contribution < 1.29 is 18.8 Å². The summed E-state index contributed by atoms with van der Waals surface area (Å²) in [6.07, 6.45) is 0.928. The summed E-state index contributed by atoms with van der Waals surface area (Å²) >= 11 is 0. The van der Waals surface area contributed by atoms with E-state index >= 15 is 0 Å². The Morgan fingerprint density at radius 3 is 2.52 bits per heavy atom. The molecule has 2 saturated heterocycles. The number of carbonyl (C=O) groups excluding carboxylic acids is 2. The van der Waals surface area contributed by atoms with Crippen LogP contribution in [0, 0.1) is 6.92 Å². The molecule has 4 rings (SSSR count). The molecule has 27 heavy (non-hydrogen) atoms. The Hall–Kier alpha value is -2.83. The molecular weight excluding hydrogens is 346 g/mol. The summed E-state index contributed by atoms with van der Waals surface area (Å²) in [4.78, 5) is 28.6. The number of benzene rings is 1. The van der Waals surface area contributed by atoms with Gasteiger partial charge in [0, 0.05) is 25.2 Å². The fourth-order valence-corrected chi connectivity index (χ4v) is 4.03. The number of amides is 2. The van der Waals surface area contributed by atoms with Gasteiger partial charge in [-0.3, -0.25) is 9.69 Å². The minimum Gasteiger partial charge on any atom is -0.439 e. The second-order valence-corrected chi connectivity index (χ2v) is 7.21. The first-order valence-corrected chi connectivity index (χ1v) is 9.31. The van der Waals surface area contributed by atoms with E-state index in [0.29, 0.717) is 24.5 Å². The number of aromatic nitrogens is 1. The molecule has 0 aliphatic carbocycles. The summed E-state index contributed by atoms with van der Waals surface area (Å²) in [5.74, 6) is 0.498. The molecule has 0 saturated carbocycles. The Bertz CT molecular complexity index is 827. The SMILES string of the molecule is Cc1cc(C(=O)N2CCC(N3C(=O)OC(c4ccccc4)C3C)CC2)no1. The van der Waals surface area contributed by atoms with Crippen molar-refractivity contribution in [2.75, 3.05) is 13.1 Å². The number of piperidine rings is 1. The smallest absolute Gasteiger partial charge is 0.411 e. The van der Waals surface area contributed by atoms with Crippen molar-refractivity contribution in [1.29, 1.82) is 0 Å². The Morgan fingerprint density at radius 2 is 1.89 bits per heavy atom. The second-order valence-electron chi connectivity index (χ2n) is 7.21. The van der Waals surface area contributed by atoms with Crippen LogP contribution in [0.15, 0.2) is 40.9 Å². The molecule has 0 spiro atoms. The molecule has 0 radical (unpaired) electrons. The first-order valence-electron chi connectivity index (χ1n) is 9.31. The van der Waals surface area contributed by atoms with Crippen LogP contribution in [-0.2, 0) is 4.74 Å². The predicted octanol–water partition coefficient (Wildman–Crippen LogP) is 3.17. The lowest BCUT2D eigenvalue weighted by Crippen LogP contribution is -2.49. The summed E-state index contributed by atoms with van der Waals surface area (Å²) in [6, 6.07) is 11.5. The highest BCUT2D eigenvalue weighted by molar-refractivity contribution is 5.92. The molecule has 2 aromatic rings. The largest absolute Gasteiger partial charge is 0.439 e. The highest BCUT2D eigenvalue weighted by Gasteiger charge is 2.44. The van der Waals surface area contributed by atoms with Crippen molar-refractivity contribution >= 4 is 12.0 Å². The fraction of sp³-hybridized carbons (Fsp3) is 0.450. The maximum atomic E-state index is 12.5. The minimum atomic E-state index is -0.270. The molecule has 142 valence electrons. The van der Waals surface area contributed by atoms with Crippen LogP contribution >= 0.6 is 0 Å². The fourth-order valence-electron chi connectivity index (χ4n) is 4.03. The second kappa shape index (κ2) is 7.06. The van der Waals surface area contributed by atoms with Gasteiger partial charge in [0.05, 0.1) is 6.04 Å². The van der Waals surface area contributed by atoms with Gasteiger partial charge in [-0.2, -0.15) is 0 Å². The molecule has 7 nitrogen and oxygen atoms in total. The van der Waals surface area contributed by atoms with Crippen LogP contribution in [0.25, 0.3) is 0 Å². The third-order valence-electron chi connectivity index (χ3n) is 5.44. The average Bonchev–Trinajstić information content (AvgIpc) is 3.25. The van der Waals surface area contributed by atoms with Crippen molar-refractivity contribution in [1.82, 2.24) is 15.0 Å². The lowest BCUT2D eigenvalue weighted by atomic mass is 9.98. The van der Waals surface area contributed by atoms with Crippen LogP contribution in [-0.4, -0.2) is 52.1 Å². The number of hydrogen-bond donors (Lipinski definition) is 0. The van der Waals surface area contributed by atoms with Crippen molar-refractivity contribution in [3.8, 4) is 0 Å². The summed E-state index contributed by atoms with van der Waals surface area (Å²) < 4.78 is 10.6. The van der Waals surface area contributed by atoms with E-state index in [1.165, 1.54) is 0 Å². The van der Waals surface area contributed by atoms with E-state index < -0.39 is 0 Å². The molecule has 2 aliphatic heterocycles. The first kappa shape index (κ1) is 17.6. The zero-order valence-corrected chi connectivity index (χ0v) is 15.5. The van der Waals surface area contributed by atoms with Gasteiger partial charge in [0.1, 0.15) is 11.9 Å². The van der Waals surface area contributed by atoms with Gasteiger partial charge >= 0.3 is 6.09 Å². The molecule has 0 bridgehead atoms. The highest BCUT2D eigenvalue weighted by atomic mass is 16.6. The maximum absolute atomic E-state index is 12.5. The Balaban J connectivity index is 1.40. The average molecular weight is 369 g/mol. The topological polar surface area (TPSA) is 75.9 Å². The summed E-state index contributed by atoms with van der Waals surface area (Å²) in [5, 5.41) is 3.80. The van der Waals surface area contributed by atoms with Crippen molar-refractivity contribution in [2.45, 2.75) is 44.9 Å². The standard InChI is InChI=1S/C20H23N3O4/c1-13-12-17(21-27-13)19(24)22-10-8-16(9-11-22)23-14(2)18(26-20(23)25)15-6-4-3-5-7-15/h3-7,12,14,16,18H,8-11H2,1-2H3. The number of hydrogen-bond acceptors (Lipinski definition) is 5. The van der Waals surface area contributed by atoms with E-state index in [0.717, 1.165) is 18.4 Å². The van der Waals surface area contributed by atoms with Crippen molar-refractivity contribution in [3.63, 3.8) is 0 Å². The van der Waals surface area contributed by atoms with Gasteiger partial charge in [-0.25, -0.2) is 4.79 Å². The molecule has 1 aromatic heterocycles. The Labute approximate surface area is 157 Å². The molecular formula is C20H23N3O4. The van der Waals surface area contributed by atoms with Crippen LogP contribution < -0.4 is 0 Å². The van der Waals surface area contributed by atoms with E-state index in [-0.39, 0.29) is 30.2 Å². The summed E-state index contributed by atoms with van der Waals surface area (Å²) in [5.41, 5.74) is 1.35. The number of carbonyl (C=O) groups is 2. The van der Waals surface area contributed by atoms with Crippen molar-refractivity contribution in [2.24, 2.45) is 0 Å². The Kier molecular flexibility index (Phi) is 4.59. The van der Waals surface area contributed by atoms with Gasteiger partial charge in [-0.05, 0) is 32.3 Å². The van der Waals surface area contributed by atoms with Gasteiger partial charge in [0.25, 0.3) is 5.91 Å². The number of aryl methyl sites for hydroxylation is 1. The zero-order chi connectivity index (χ0) is 19.0. The van der Waals surface area contributed by atoms with Gasteiger partial charge < -0.3 is 14.2 Å². The van der Waals surface area contributed by atoms with E-state index in [4.69, 9.17) is 9.26 Å². The molecule has 7 heteroatoms. The minimum absolute atomic E-state index is 0.0367. The summed E-state index contributed by atoms with van der Waals surface area (Å²) in [7, 11) is 0. The lowest BCUT2D eigenvalue weighted by Gasteiger charge is -2.37. The molecule has 2 atom stereocenters. The molecule has 2 aliphatic rings. The van der Waals surface area contributed by atoms with E-state index in [2.05, 4.69) is 5.16 Å². The first-order chi connectivity index (χ1) is 13.0. The van der Waals surface area contributed by atoms with Crippen molar-refractivity contribution in [3.05, 3.63) is 53.4 Å². The lowest BCUT2D eigenvalue weighted by molar-refractivity contribution is 0.0631. The van der Waals surface area contributed by atoms with Crippen LogP contribution in [0.5, 0.6) is 0 Å². The summed E-state index contributed by atoms with van der Waals surface area (Å²) in [6.45, 7) is 4.96. The number of cyclic esters (lactones) is 1. The van der Waals surface area contributed by atoms with Crippen LogP contribution in [0.2, 0.25) is 0 Å². The molecule has 3 heterocycles.